The number of hydrogen-bond acceptors (Lipinski definition) is 4. The quantitative estimate of drug-likeness (QED) is 0.346. The van der Waals surface area contributed by atoms with Gasteiger partial charge >= 0.3 is 0 Å². The third-order valence-corrected chi connectivity index (χ3v) is 5.92. The number of halogens is 2. The Bertz CT molecular complexity index is 887. The Morgan fingerprint density at radius 1 is 1.19 bits per heavy atom. The highest BCUT2D eigenvalue weighted by atomic mass is 127. The van der Waals surface area contributed by atoms with E-state index in [0.717, 1.165) is 55.6 Å². The van der Waals surface area contributed by atoms with Gasteiger partial charge in [-0.3, -0.25) is 4.99 Å². The predicted molar refractivity (Wildman–Crippen MR) is 134 cm³/mol. The van der Waals surface area contributed by atoms with Gasteiger partial charge in [-0.25, -0.2) is 4.39 Å². The van der Waals surface area contributed by atoms with Crippen LogP contribution < -0.4 is 5.32 Å². The molecule has 3 heterocycles. The summed E-state index contributed by atoms with van der Waals surface area (Å²) in [7, 11) is 0. The number of nitrogens with one attached hydrogen (secondary N) is 1. The summed E-state index contributed by atoms with van der Waals surface area (Å²) in [5.74, 6) is 2.81. The molecular weight excluding hydrogens is 522 g/mol. The summed E-state index contributed by atoms with van der Waals surface area (Å²) in [5.41, 5.74) is 0.986. The second-order valence-electron chi connectivity index (χ2n) is 8.37. The monoisotopic (exact) mass is 556 g/mol. The fourth-order valence-electron chi connectivity index (χ4n) is 4.40. The van der Waals surface area contributed by atoms with Crippen LogP contribution in [0.15, 0.2) is 29.3 Å². The normalized spacial score (nSPS) is 21.5. The number of aliphatic imine (C=N–C) groups is 1. The number of fused-ring (bicyclic) bond motifs is 1. The maximum absolute atomic E-state index is 13.3. The third kappa shape index (κ3) is 6.18. The van der Waals surface area contributed by atoms with Gasteiger partial charge in [-0.05, 0) is 44.4 Å². The Kier molecular flexibility index (Phi) is 9.27. The van der Waals surface area contributed by atoms with Crippen LogP contribution in [-0.2, 0) is 24.1 Å². The van der Waals surface area contributed by atoms with E-state index in [4.69, 9.17) is 9.73 Å². The average molecular weight is 556 g/mol. The van der Waals surface area contributed by atoms with Crippen LogP contribution in [0.4, 0.5) is 4.39 Å². The zero-order chi connectivity index (χ0) is 21.6. The molecule has 1 N–H and O–H groups in total. The number of hydrogen-bond donors (Lipinski definition) is 1. The molecule has 1 aromatic heterocycles. The fourth-order valence-corrected chi connectivity index (χ4v) is 4.40. The molecule has 0 amide bonds. The SMILES string of the molecule is CCNC(=NCCc1nnc2n1CCCCC2)N1CC(C)OC(c2ccc(F)cc2)C1.I. The minimum Gasteiger partial charge on any atom is -0.367 e. The molecule has 1 aromatic carbocycles. The minimum atomic E-state index is -0.231. The first-order chi connectivity index (χ1) is 15.1. The molecule has 7 nitrogen and oxygen atoms in total. The summed E-state index contributed by atoms with van der Waals surface area (Å²) in [6.45, 7) is 8.07. The second kappa shape index (κ2) is 11.9. The highest BCUT2D eigenvalue weighted by molar-refractivity contribution is 14.0. The van der Waals surface area contributed by atoms with Crippen LogP contribution >= 0.6 is 24.0 Å². The average Bonchev–Trinajstić information content (AvgIpc) is 2.99. The molecule has 1 fully saturated rings. The highest BCUT2D eigenvalue weighted by Gasteiger charge is 2.28. The van der Waals surface area contributed by atoms with E-state index in [-0.39, 0.29) is 42.0 Å². The van der Waals surface area contributed by atoms with Crippen LogP contribution in [0.5, 0.6) is 0 Å². The second-order valence-corrected chi connectivity index (χ2v) is 8.37. The van der Waals surface area contributed by atoms with Crippen LogP contribution in [-0.4, -0.2) is 57.9 Å². The molecule has 2 atom stereocenters. The van der Waals surface area contributed by atoms with Crippen LogP contribution in [0.25, 0.3) is 0 Å². The van der Waals surface area contributed by atoms with Gasteiger partial charge in [0.1, 0.15) is 23.6 Å². The molecule has 1 saturated heterocycles. The van der Waals surface area contributed by atoms with Gasteiger partial charge in [-0.2, -0.15) is 0 Å². The van der Waals surface area contributed by atoms with E-state index in [2.05, 4.69) is 38.8 Å². The molecule has 2 aliphatic rings. The van der Waals surface area contributed by atoms with Crippen molar-refractivity contribution >= 4 is 29.9 Å². The van der Waals surface area contributed by atoms with Crippen LogP contribution in [0.3, 0.4) is 0 Å². The van der Waals surface area contributed by atoms with E-state index in [9.17, 15) is 4.39 Å². The van der Waals surface area contributed by atoms with E-state index in [1.54, 1.807) is 12.1 Å². The lowest BCUT2D eigenvalue weighted by Gasteiger charge is -2.38. The summed E-state index contributed by atoms with van der Waals surface area (Å²) in [4.78, 5) is 7.14. The highest BCUT2D eigenvalue weighted by Crippen LogP contribution is 2.25. The van der Waals surface area contributed by atoms with E-state index >= 15 is 0 Å². The summed E-state index contributed by atoms with van der Waals surface area (Å²) in [6.07, 6.45) is 5.40. The lowest BCUT2D eigenvalue weighted by Crippen LogP contribution is -2.50. The first kappa shape index (κ1) is 24.9. The summed E-state index contributed by atoms with van der Waals surface area (Å²) in [5, 5.41) is 12.2. The number of ether oxygens (including phenoxy) is 1. The standard InChI is InChI=1S/C23H33FN6O.HI/c1-3-25-23(26-13-12-22-28-27-21-7-5-4-6-14-30(21)22)29-15-17(2)31-20(16-29)18-8-10-19(24)11-9-18;/h8-11,17,20H,3-7,12-16H2,1-2H3,(H,25,26);1H. The minimum absolute atomic E-state index is 0. The van der Waals surface area contributed by atoms with Crippen molar-refractivity contribution in [3.63, 3.8) is 0 Å². The molecule has 0 radical (unpaired) electrons. The summed E-state index contributed by atoms with van der Waals surface area (Å²) < 4.78 is 21.8. The molecular formula is C23H34FIN6O. The molecule has 0 spiro atoms. The van der Waals surface area contributed by atoms with E-state index in [0.29, 0.717) is 13.1 Å². The molecule has 0 aliphatic carbocycles. The van der Waals surface area contributed by atoms with Gasteiger partial charge < -0.3 is 19.5 Å². The molecule has 176 valence electrons. The Morgan fingerprint density at radius 3 is 2.78 bits per heavy atom. The predicted octanol–water partition coefficient (Wildman–Crippen LogP) is 3.73. The third-order valence-electron chi connectivity index (χ3n) is 5.92. The van der Waals surface area contributed by atoms with Gasteiger partial charge in [0, 0.05) is 39.0 Å². The van der Waals surface area contributed by atoms with E-state index in [1.165, 1.54) is 31.4 Å². The van der Waals surface area contributed by atoms with Gasteiger partial charge in [-0.1, -0.05) is 18.6 Å². The van der Waals surface area contributed by atoms with Crippen molar-refractivity contribution < 1.29 is 9.13 Å². The van der Waals surface area contributed by atoms with Gasteiger partial charge in [-0.15, -0.1) is 34.2 Å². The molecule has 32 heavy (non-hydrogen) atoms. The largest absolute Gasteiger partial charge is 0.367 e. The van der Waals surface area contributed by atoms with Crippen molar-refractivity contribution in [1.82, 2.24) is 25.0 Å². The summed E-state index contributed by atoms with van der Waals surface area (Å²) >= 11 is 0. The number of aryl methyl sites for hydroxylation is 1. The smallest absolute Gasteiger partial charge is 0.194 e. The zero-order valence-corrected chi connectivity index (χ0v) is 21.3. The lowest BCUT2D eigenvalue weighted by atomic mass is 10.1. The van der Waals surface area contributed by atoms with Crippen LogP contribution in [0, 0.1) is 5.82 Å². The Labute approximate surface area is 206 Å². The molecule has 2 aromatic rings. The first-order valence-electron chi connectivity index (χ1n) is 11.5. The Morgan fingerprint density at radius 2 is 2.00 bits per heavy atom. The molecule has 0 bridgehead atoms. The van der Waals surface area contributed by atoms with Gasteiger partial charge in [0.05, 0.1) is 12.6 Å². The molecule has 9 heteroatoms. The van der Waals surface area contributed by atoms with Crippen LogP contribution in [0.2, 0.25) is 0 Å². The van der Waals surface area contributed by atoms with Gasteiger partial charge in [0.25, 0.3) is 0 Å². The zero-order valence-electron chi connectivity index (χ0n) is 19.0. The molecule has 0 saturated carbocycles. The molecule has 2 unspecified atom stereocenters. The fraction of sp³-hybridized carbons (Fsp3) is 0.609. The summed E-state index contributed by atoms with van der Waals surface area (Å²) in [6, 6.07) is 6.58. The molecule has 4 rings (SSSR count). The number of guanidine groups is 1. The van der Waals surface area contributed by atoms with Crippen LogP contribution in [0.1, 0.15) is 56.4 Å². The Balaban J connectivity index is 0.00000289. The number of benzene rings is 1. The van der Waals surface area contributed by atoms with Crippen molar-refractivity contribution in [3.05, 3.63) is 47.3 Å². The number of aromatic nitrogens is 3. The lowest BCUT2D eigenvalue weighted by molar-refractivity contribution is -0.0605. The van der Waals surface area contributed by atoms with Gasteiger partial charge in [0.2, 0.25) is 0 Å². The maximum Gasteiger partial charge on any atom is 0.194 e. The van der Waals surface area contributed by atoms with E-state index in [1.807, 2.05) is 0 Å². The topological polar surface area (TPSA) is 67.6 Å². The van der Waals surface area contributed by atoms with Gasteiger partial charge in [0.15, 0.2) is 5.96 Å². The number of morpholine rings is 1. The Hall–Kier alpha value is -1.75. The number of rotatable bonds is 5. The van der Waals surface area contributed by atoms with Crippen molar-refractivity contribution in [2.24, 2.45) is 4.99 Å². The number of nitrogens with zero attached hydrogens (tertiary/aromatic N) is 5. The van der Waals surface area contributed by atoms with Crippen molar-refractivity contribution in [1.29, 1.82) is 0 Å². The first-order valence-corrected chi connectivity index (χ1v) is 11.5. The van der Waals surface area contributed by atoms with E-state index < -0.39 is 0 Å². The molecule has 2 aliphatic heterocycles. The maximum atomic E-state index is 13.3. The van der Waals surface area contributed by atoms with Crippen molar-refractivity contribution in [3.8, 4) is 0 Å². The van der Waals surface area contributed by atoms with Crippen molar-refractivity contribution in [2.75, 3.05) is 26.2 Å². The van der Waals surface area contributed by atoms with Crippen molar-refractivity contribution in [2.45, 2.75) is 64.7 Å².